The Morgan fingerprint density at radius 3 is 1.77 bits per heavy atom. The molecular weight excluding hydrogens is 448 g/mol. The SMILES string of the molecule is COc1ccc(C(OC(CCC(N)=O)NCC(=O)O)(c2ccccc2)c2ccc(OC)cc2)cc1. The van der Waals surface area contributed by atoms with Crippen LogP contribution in [-0.2, 0) is 19.9 Å². The van der Waals surface area contributed by atoms with Gasteiger partial charge in [-0.25, -0.2) is 0 Å². The van der Waals surface area contributed by atoms with Crippen molar-refractivity contribution in [3.8, 4) is 11.5 Å². The van der Waals surface area contributed by atoms with Gasteiger partial charge in [-0.3, -0.25) is 14.9 Å². The first-order chi connectivity index (χ1) is 16.9. The number of carbonyl (C=O) groups is 2. The Hall–Kier alpha value is -3.88. The van der Waals surface area contributed by atoms with Gasteiger partial charge in [-0.1, -0.05) is 54.6 Å². The zero-order valence-electron chi connectivity index (χ0n) is 19.8. The smallest absolute Gasteiger partial charge is 0.317 e. The lowest BCUT2D eigenvalue weighted by Crippen LogP contribution is -2.44. The molecule has 184 valence electrons. The average molecular weight is 479 g/mol. The van der Waals surface area contributed by atoms with Gasteiger partial charge in [0.15, 0.2) is 0 Å². The highest BCUT2D eigenvalue weighted by atomic mass is 16.5. The molecule has 0 aliphatic rings. The fraction of sp³-hybridized carbons (Fsp3) is 0.259. The second kappa shape index (κ2) is 12.0. The van der Waals surface area contributed by atoms with Gasteiger partial charge in [-0.05, 0) is 47.4 Å². The lowest BCUT2D eigenvalue weighted by Gasteiger charge is -2.39. The average Bonchev–Trinajstić information content (AvgIpc) is 2.89. The fourth-order valence-electron chi connectivity index (χ4n) is 3.92. The minimum atomic E-state index is -1.16. The summed E-state index contributed by atoms with van der Waals surface area (Å²) >= 11 is 0. The first-order valence-corrected chi connectivity index (χ1v) is 11.1. The van der Waals surface area contributed by atoms with Crippen molar-refractivity contribution in [3.05, 3.63) is 95.6 Å². The number of carbonyl (C=O) groups excluding carboxylic acids is 1. The molecule has 0 saturated heterocycles. The van der Waals surface area contributed by atoms with Crippen LogP contribution in [-0.4, -0.2) is 44.0 Å². The molecule has 0 saturated carbocycles. The summed E-state index contributed by atoms with van der Waals surface area (Å²) in [5.41, 5.74) is 6.62. The van der Waals surface area contributed by atoms with Gasteiger partial charge in [0.1, 0.15) is 23.3 Å². The van der Waals surface area contributed by atoms with E-state index in [4.69, 9.17) is 19.9 Å². The van der Waals surface area contributed by atoms with E-state index in [2.05, 4.69) is 5.32 Å². The monoisotopic (exact) mass is 478 g/mol. The number of hydrogen-bond acceptors (Lipinski definition) is 6. The molecule has 0 fully saturated rings. The third kappa shape index (κ3) is 6.38. The summed E-state index contributed by atoms with van der Waals surface area (Å²) < 4.78 is 17.5. The predicted molar refractivity (Wildman–Crippen MR) is 131 cm³/mol. The van der Waals surface area contributed by atoms with E-state index in [1.807, 2.05) is 78.9 Å². The molecule has 35 heavy (non-hydrogen) atoms. The van der Waals surface area contributed by atoms with Gasteiger partial charge in [0.2, 0.25) is 5.91 Å². The van der Waals surface area contributed by atoms with Gasteiger partial charge in [-0.15, -0.1) is 0 Å². The maximum absolute atomic E-state index is 11.6. The van der Waals surface area contributed by atoms with Crippen LogP contribution in [0.2, 0.25) is 0 Å². The molecule has 0 spiro atoms. The number of carboxylic acids is 1. The van der Waals surface area contributed by atoms with Gasteiger partial charge in [0, 0.05) is 6.42 Å². The molecule has 3 rings (SSSR count). The van der Waals surface area contributed by atoms with Gasteiger partial charge in [-0.2, -0.15) is 0 Å². The summed E-state index contributed by atoms with van der Waals surface area (Å²) in [7, 11) is 3.18. The highest BCUT2D eigenvalue weighted by Gasteiger charge is 2.40. The molecule has 1 atom stereocenters. The summed E-state index contributed by atoms with van der Waals surface area (Å²) in [6, 6.07) is 24.6. The number of primary amides is 1. The van der Waals surface area contributed by atoms with E-state index in [1.165, 1.54) is 0 Å². The van der Waals surface area contributed by atoms with Crippen LogP contribution in [0.1, 0.15) is 29.5 Å². The number of nitrogens with one attached hydrogen (secondary N) is 1. The lowest BCUT2D eigenvalue weighted by atomic mass is 9.80. The molecule has 8 heteroatoms. The van der Waals surface area contributed by atoms with E-state index in [9.17, 15) is 14.7 Å². The van der Waals surface area contributed by atoms with E-state index in [1.54, 1.807) is 14.2 Å². The Labute approximate surface area is 204 Å². The minimum Gasteiger partial charge on any atom is -0.497 e. The van der Waals surface area contributed by atoms with Gasteiger partial charge < -0.3 is 25.1 Å². The summed E-state index contributed by atoms with van der Waals surface area (Å²) in [6.45, 7) is -0.348. The highest BCUT2D eigenvalue weighted by molar-refractivity contribution is 5.73. The number of nitrogens with two attached hydrogens (primary N) is 1. The molecule has 3 aromatic rings. The molecule has 0 radical (unpaired) electrons. The summed E-state index contributed by atoms with van der Waals surface area (Å²) in [5, 5.41) is 12.2. The van der Waals surface area contributed by atoms with Crippen LogP contribution in [0.4, 0.5) is 0 Å². The summed E-state index contributed by atoms with van der Waals surface area (Å²) in [4.78, 5) is 22.9. The summed E-state index contributed by atoms with van der Waals surface area (Å²) in [5.74, 6) is -0.189. The molecule has 8 nitrogen and oxygen atoms in total. The van der Waals surface area contributed by atoms with E-state index in [0.29, 0.717) is 11.5 Å². The van der Waals surface area contributed by atoms with Crippen LogP contribution < -0.4 is 20.5 Å². The van der Waals surface area contributed by atoms with E-state index >= 15 is 0 Å². The number of benzene rings is 3. The van der Waals surface area contributed by atoms with Crippen LogP contribution >= 0.6 is 0 Å². The molecule has 0 aliphatic heterocycles. The molecule has 3 aromatic carbocycles. The summed E-state index contributed by atoms with van der Waals surface area (Å²) in [6.07, 6.45) is -0.598. The van der Waals surface area contributed by atoms with Crippen LogP contribution in [0, 0.1) is 0 Å². The predicted octanol–water partition coefficient (Wildman–Crippen LogP) is 3.28. The second-order valence-corrected chi connectivity index (χ2v) is 7.89. The normalized spacial score (nSPS) is 12.1. The van der Waals surface area contributed by atoms with E-state index < -0.39 is 23.7 Å². The second-order valence-electron chi connectivity index (χ2n) is 7.89. The van der Waals surface area contributed by atoms with E-state index in [0.717, 1.165) is 16.7 Å². The molecule has 0 bridgehead atoms. The van der Waals surface area contributed by atoms with Gasteiger partial charge >= 0.3 is 5.97 Å². The van der Waals surface area contributed by atoms with Crippen LogP contribution in [0.15, 0.2) is 78.9 Å². The van der Waals surface area contributed by atoms with Crippen molar-refractivity contribution >= 4 is 11.9 Å². The fourth-order valence-corrected chi connectivity index (χ4v) is 3.92. The zero-order valence-corrected chi connectivity index (χ0v) is 19.8. The number of aliphatic carboxylic acids is 1. The molecule has 0 aliphatic carbocycles. The first kappa shape index (κ1) is 25.7. The highest BCUT2D eigenvalue weighted by Crippen LogP contribution is 2.42. The van der Waals surface area contributed by atoms with Gasteiger partial charge in [0.05, 0.1) is 20.8 Å². The zero-order chi connectivity index (χ0) is 25.3. The number of carboxylic acid groups (broad SMARTS) is 1. The van der Waals surface area contributed by atoms with Crippen LogP contribution in [0.5, 0.6) is 11.5 Å². The van der Waals surface area contributed by atoms with Crippen molar-refractivity contribution in [2.24, 2.45) is 5.73 Å². The molecule has 0 heterocycles. The van der Waals surface area contributed by atoms with Crippen molar-refractivity contribution in [2.45, 2.75) is 24.7 Å². The Morgan fingerprint density at radius 1 is 0.857 bits per heavy atom. The lowest BCUT2D eigenvalue weighted by molar-refractivity contribution is -0.138. The van der Waals surface area contributed by atoms with Gasteiger partial charge in [0.25, 0.3) is 0 Å². The molecule has 1 unspecified atom stereocenters. The number of rotatable bonds is 13. The Bertz CT molecular complexity index is 1040. The Kier molecular flexibility index (Phi) is 8.83. The standard InChI is InChI=1S/C27H30N2O6/c1-33-22-12-8-20(9-13-22)27(19-6-4-3-5-7-19,21-10-14-23(34-2)15-11-21)35-25(17-16-24(28)30)29-18-26(31)32/h3-15,25,29H,16-18H2,1-2H3,(H2,28,30)(H,31,32). The third-order valence-corrected chi connectivity index (χ3v) is 5.63. The van der Waals surface area contributed by atoms with Crippen molar-refractivity contribution in [3.63, 3.8) is 0 Å². The van der Waals surface area contributed by atoms with Crippen molar-refractivity contribution in [2.75, 3.05) is 20.8 Å². The topological polar surface area (TPSA) is 120 Å². The number of amides is 1. The van der Waals surface area contributed by atoms with Crippen LogP contribution in [0.25, 0.3) is 0 Å². The number of hydrogen-bond donors (Lipinski definition) is 3. The number of ether oxygens (including phenoxy) is 3. The largest absolute Gasteiger partial charge is 0.497 e. The molecular formula is C27H30N2O6. The maximum Gasteiger partial charge on any atom is 0.317 e. The third-order valence-electron chi connectivity index (χ3n) is 5.63. The first-order valence-electron chi connectivity index (χ1n) is 11.1. The van der Waals surface area contributed by atoms with Crippen molar-refractivity contribution < 1.29 is 28.9 Å². The molecule has 1 amide bonds. The number of methoxy groups -OCH3 is 2. The Morgan fingerprint density at radius 2 is 1.34 bits per heavy atom. The van der Waals surface area contributed by atoms with E-state index in [-0.39, 0.29) is 19.4 Å². The molecule has 4 N–H and O–H groups in total. The maximum atomic E-state index is 11.6. The Balaban J connectivity index is 2.21. The van der Waals surface area contributed by atoms with Crippen molar-refractivity contribution in [1.82, 2.24) is 5.32 Å². The quantitative estimate of drug-likeness (QED) is 0.255. The van der Waals surface area contributed by atoms with Crippen molar-refractivity contribution in [1.29, 1.82) is 0 Å². The minimum absolute atomic E-state index is 0.0212. The molecule has 0 aromatic heterocycles. The van der Waals surface area contributed by atoms with Crippen LogP contribution in [0.3, 0.4) is 0 Å².